The fraction of sp³-hybridized carbons (Fsp3) is 0.0952. The van der Waals surface area contributed by atoms with Gasteiger partial charge in [0.25, 0.3) is 0 Å². The molecule has 0 saturated heterocycles. The smallest absolute Gasteiger partial charge is 0.233 e. The van der Waals surface area contributed by atoms with Crippen molar-refractivity contribution in [3.05, 3.63) is 95.6 Å². The molecule has 0 N–H and O–H groups in total. The number of hydrogen-bond donors (Lipinski definition) is 0. The van der Waals surface area contributed by atoms with E-state index in [0.717, 1.165) is 11.1 Å². The largest absolute Gasteiger partial charge is 0.485 e. The Balaban J connectivity index is 1.74. The average Bonchev–Trinajstić information content (AvgIpc) is 2.66. The highest BCUT2D eigenvalue weighted by atomic mass is 16.5. The fourth-order valence-corrected chi connectivity index (χ4v) is 2.27. The number of rotatable bonds is 7. The zero-order chi connectivity index (χ0) is 16.6. The van der Waals surface area contributed by atoms with Gasteiger partial charge in [-0.2, -0.15) is 0 Å². The molecule has 3 nitrogen and oxygen atoms in total. The summed E-state index contributed by atoms with van der Waals surface area (Å²) in [6, 6.07) is 24.8. The topological polar surface area (TPSA) is 35.5 Å². The Morgan fingerprint density at radius 1 is 0.667 bits per heavy atom. The fourth-order valence-electron chi connectivity index (χ4n) is 2.27. The van der Waals surface area contributed by atoms with Crippen LogP contribution < -0.4 is 9.47 Å². The van der Waals surface area contributed by atoms with E-state index >= 15 is 0 Å². The van der Waals surface area contributed by atoms with Gasteiger partial charge in [-0.3, -0.25) is 4.79 Å². The maximum atomic E-state index is 10.9. The zero-order valence-electron chi connectivity index (χ0n) is 13.1. The number of hydrogen-bond acceptors (Lipinski definition) is 3. The lowest BCUT2D eigenvalue weighted by atomic mass is 10.2. The Morgan fingerprint density at radius 3 is 1.75 bits per heavy atom. The van der Waals surface area contributed by atoms with Crippen molar-refractivity contribution in [3.63, 3.8) is 0 Å². The average molecular weight is 317 g/mol. The summed E-state index contributed by atoms with van der Waals surface area (Å²) >= 11 is 0. The summed E-state index contributed by atoms with van der Waals surface area (Å²) < 4.78 is 11.7. The minimum Gasteiger partial charge on any atom is -0.485 e. The number of benzene rings is 3. The molecule has 0 atom stereocenters. The first-order valence-electron chi connectivity index (χ1n) is 7.71. The molecule has 0 aliphatic carbocycles. The third-order valence-electron chi connectivity index (χ3n) is 3.54. The van der Waals surface area contributed by atoms with Gasteiger partial charge in [0.2, 0.25) is 6.29 Å². The normalized spacial score (nSPS) is 10.2. The molecule has 0 heterocycles. The van der Waals surface area contributed by atoms with Gasteiger partial charge in [-0.15, -0.1) is 0 Å². The van der Waals surface area contributed by atoms with Crippen molar-refractivity contribution in [1.82, 2.24) is 0 Å². The Bertz CT molecular complexity index is 783. The van der Waals surface area contributed by atoms with Gasteiger partial charge in [0, 0.05) is 5.56 Å². The second-order valence-corrected chi connectivity index (χ2v) is 5.31. The van der Waals surface area contributed by atoms with Gasteiger partial charge in [0.05, 0.1) is 0 Å². The van der Waals surface area contributed by atoms with Crippen molar-refractivity contribution < 1.29 is 14.3 Å². The number of ether oxygens (including phenoxy) is 2. The molecule has 0 spiro atoms. The lowest BCUT2D eigenvalue weighted by Crippen LogP contribution is -2.01. The third-order valence-corrected chi connectivity index (χ3v) is 3.54. The van der Waals surface area contributed by atoms with Gasteiger partial charge in [0.15, 0.2) is 11.5 Å². The van der Waals surface area contributed by atoms with Gasteiger partial charge < -0.3 is 9.47 Å². The molecule has 3 aromatic rings. The second-order valence-electron chi connectivity index (χ2n) is 5.31. The number of carbonyl (C=O) groups excluding carboxylic acids is 1. The molecule has 0 unspecified atom stereocenters. The van der Waals surface area contributed by atoms with Crippen LogP contribution in [0, 0.1) is 0 Å². The molecule has 3 heteroatoms. The molecule has 119 valence electrons. The van der Waals surface area contributed by atoms with Gasteiger partial charge in [-0.1, -0.05) is 60.7 Å². The molecular formula is C21H17O3. The molecule has 3 aromatic carbocycles. The van der Waals surface area contributed by atoms with Gasteiger partial charge in [-0.25, -0.2) is 0 Å². The summed E-state index contributed by atoms with van der Waals surface area (Å²) in [5.74, 6) is 1.14. The van der Waals surface area contributed by atoms with Crippen LogP contribution in [0.1, 0.15) is 16.7 Å². The summed E-state index contributed by atoms with van der Waals surface area (Å²) in [5.41, 5.74) is 2.55. The highest BCUT2D eigenvalue weighted by molar-refractivity contribution is 5.76. The third kappa shape index (κ3) is 4.23. The first-order chi connectivity index (χ1) is 11.8. The summed E-state index contributed by atoms with van der Waals surface area (Å²) in [4.78, 5) is 10.9. The molecule has 0 amide bonds. The minimum absolute atomic E-state index is 0.408. The van der Waals surface area contributed by atoms with Crippen LogP contribution >= 0.6 is 0 Å². The van der Waals surface area contributed by atoms with Gasteiger partial charge in [0.1, 0.15) is 13.2 Å². The van der Waals surface area contributed by atoms with Crippen LogP contribution in [0.25, 0.3) is 0 Å². The van der Waals surface area contributed by atoms with Gasteiger partial charge >= 0.3 is 0 Å². The molecule has 0 aliphatic heterocycles. The summed E-state index contributed by atoms with van der Waals surface area (Å²) in [6.45, 7) is 0.845. The highest BCUT2D eigenvalue weighted by Gasteiger charge is 2.08. The first kappa shape index (κ1) is 15.8. The van der Waals surface area contributed by atoms with E-state index in [0.29, 0.717) is 30.3 Å². The minimum atomic E-state index is 0.408. The SMILES string of the molecule is O=[C]c1ccc(OCc2ccccc2)c(OCc2ccccc2)c1. The molecule has 0 saturated carbocycles. The van der Waals surface area contributed by atoms with Crippen molar-refractivity contribution in [1.29, 1.82) is 0 Å². The molecule has 3 rings (SSSR count). The zero-order valence-corrected chi connectivity index (χ0v) is 13.1. The van der Waals surface area contributed by atoms with Crippen molar-refractivity contribution in [2.45, 2.75) is 13.2 Å². The van der Waals surface area contributed by atoms with Gasteiger partial charge in [-0.05, 0) is 29.3 Å². The van der Waals surface area contributed by atoms with E-state index in [9.17, 15) is 4.79 Å². The second kappa shape index (κ2) is 7.97. The van der Waals surface area contributed by atoms with E-state index in [1.807, 2.05) is 66.9 Å². The summed E-state index contributed by atoms with van der Waals surface area (Å²) in [6.07, 6.45) is 1.88. The van der Waals surface area contributed by atoms with Crippen LogP contribution in [0.5, 0.6) is 11.5 Å². The van der Waals surface area contributed by atoms with Crippen LogP contribution in [0.15, 0.2) is 78.9 Å². The molecular weight excluding hydrogens is 300 g/mol. The maximum absolute atomic E-state index is 10.9. The first-order valence-corrected chi connectivity index (χ1v) is 7.71. The van der Waals surface area contributed by atoms with E-state index < -0.39 is 0 Å². The molecule has 0 fully saturated rings. The van der Waals surface area contributed by atoms with Crippen LogP contribution in [0.4, 0.5) is 0 Å². The maximum Gasteiger partial charge on any atom is 0.233 e. The van der Waals surface area contributed by atoms with E-state index in [-0.39, 0.29) is 0 Å². The molecule has 0 aromatic heterocycles. The summed E-state index contributed by atoms with van der Waals surface area (Å²) in [7, 11) is 0. The Kier molecular flexibility index (Phi) is 5.25. The summed E-state index contributed by atoms with van der Waals surface area (Å²) in [5, 5.41) is 0. The lowest BCUT2D eigenvalue weighted by molar-refractivity contribution is 0.256. The predicted molar refractivity (Wildman–Crippen MR) is 92.8 cm³/mol. The Hall–Kier alpha value is -3.07. The van der Waals surface area contributed by atoms with E-state index in [4.69, 9.17) is 9.47 Å². The van der Waals surface area contributed by atoms with Crippen LogP contribution in [0.3, 0.4) is 0 Å². The molecule has 1 radical (unpaired) electrons. The molecule has 0 aliphatic rings. The van der Waals surface area contributed by atoms with Crippen molar-refractivity contribution >= 4 is 6.29 Å². The molecule has 0 bridgehead atoms. The van der Waals surface area contributed by atoms with Crippen molar-refractivity contribution in [2.75, 3.05) is 0 Å². The predicted octanol–water partition coefficient (Wildman–Crippen LogP) is 4.30. The van der Waals surface area contributed by atoms with Crippen LogP contribution in [-0.2, 0) is 18.0 Å². The lowest BCUT2D eigenvalue weighted by Gasteiger charge is -2.13. The Labute approximate surface area is 141 Å². The van der Waals surface area contributed by atoms with E-state index in [2.05, 4.69) is 0 Å². The van der Waals surface area contributed by atoms with Crippen molar-refractivity contribution in [2.24, 2.45) is 0 Å². The molecule has 24 heavy (non-hydrogen) atoms. The monoisotopic (exact) mass is 317 g/mol. The standard InChI is InChI=1S/C21H17O3/c22-14-19-11-12-20(23-15-17-7-3-1-4-8-17)21(13-19)24-16-18-9-5-2-6-10-18/h1-13H,15-16H2. The van der Waals surface area contributed by atoms with E-state index in [1.54, 1.807) is 18.2 Å². The van der Waals surface area contributed by atoms with Crippen LogP contribution in [0.2, 0.25) is 0 Å². The van der Waals surface area contributed by atoms with Crippen LogP contribution in [-0.4, -0.2) is 6.29 Å². The van der Waals surface area contributed by atoms with Crippen molar-refractivity contribution in [3.8, 4) is 11.5 Å². The Morgan fingerprint density at radius 2 is 1.21 bits per heavy atom. The highest BCUT2D eigenvalue weighted by Crippen LogP contribution is 2.29. The van der Waals surface area contributed by atoms with E-state index in [1.165, 1.54) is 0 Å². The quantitative estimate of drug-likeness (QED) is 0.651.